The van der Waals surface area contributed by atoms with Crippen LogP contribution >= 0.6 is 11.5 Å². The van der Waals surface area contributed by atoms with Crippen molar-refractivity contribution >= 4 is 26.7 Å². The predicted octanol–water partition coefficient (Wildman–Crippen LogP) is 2.82. The summed E-state index contributed by atoms with van der Waals surface area (Å²) in [5.41, 5.74) is 0. The van der Waals surface area contributed by atoms with E-state index in [1.54, 1.807) is 0 Å². The molecule has 0 spiro atoms. The normalized spacial score (nSPS) is 11.7. The molecule has 1 heterocycles. The van der Waals surface area contributed by atoms with Crippen LogP contribution in [0.25, 0.3) is 0 Å². The van der Waals surface area contributed by atoms with Gasteiger partial charge in [0.25, 0.3) is 10.0 Å². The molecule has 0 saturated carbocycles. The first-order valence-corrected chi connectivity index (χ1v) is 8.87. The van der Waals surface area contributed by atoms with Crippen LogP contribution in [0.1, 0.15) is 19.7 Å². The van der Waals surface area contributed by atoms with E-state index in [9.17, 15) is 17.2 Å². The fraction of sp³-hybridized carbons (Fsp3) is 0.385. The fourth-order valence-corrected chi connectivity index (χ4v) is 3.78. The molecule has 0 fully saturated rings. The number of halogens is 2. The molecule has 1 aromatic carbocycles. The van der Waals surface area contributed by atoms with Crippen LogP contribution in [-0.4, -0.2) is 24.9 Å². The number of ether oxygens (including phenoxy) is 1. The van der Waals surface area contributed by atoms with E-state index in [1.165, 1.54) is 0 Å². The van der Waals surface area contributed by atoms with Gasteiger partial charge in [0.15, 0.2) is 11.6 Å². The van der Waals surface area contributed by atoms with E-state index in [0.717, 1.165) is 18.6 Å². The van der Waals surface area contributed by atoms with Crippen LogP contribution in [0.4, 0.5) is 13.9 Å². The number of aromatic nitrogens is 2. The Labute approximate surface area is 136 Å². The summed E-state index contributed by atoms with van der Waals surface area (Å²) in [6.07, 6.45) is 0.604. The number of hydrogen-bond acceptors (Lipinski definition) is 6. The molecule has 23 heavy (non-hydrogen) atoms. The minimum atomic E-state index is -4.18. The number of nitrogens with zero attached hydrogens (tertiary/aromatic N) is 2. The zero-order valence-electron chi connectivity index (χ0n) is 12.6. The molecule has 0 aliphatic heterocycles. The van der Waals surface area contributed by atoms with E-state index in [0.29, 0.717) is 30.3 Å². The highest BCUT2D eigenvalue weighted by Gasteiger charge is 2.24. The summed E-state index contributed by atoms with van der Waals surface area (Å²) in [4.78, 5) is 3.55. The SMILES string of the molecule is COc1cc(F)c(F)cc1S(=O)(=O)Nc1nc(CC(C)C)ns1. The Morgan fingerprint density at radius 3 is 2.57 bits per heavy atom. The molecule has 10 heteroatoms. The summed E-state index contributed by atoms with van der Waals surface area (Å²) >= 11 is 0.874. The number of benzene rings is 1. The van der Waals surface area contributed by atoms with Gasteiger partial charge in [0.2, 0.25) is 5.13 Å². The summed E-state index contributed by atoms with van der Waals surface area (Å²) in [6, 6.07) is 1.24. The molecular weight excluding hydrogens is 348 g/mol. The van der Waals surface area contributed by atoms with Crippen molar-refractivity contribution in [1.82, 2.24) is 9.36 Å². The number of hydrogen-bond donors (Lipinski definition) is 1. The standard InChI is InChI=1S/C13H15F2N3O3S2/c1-7(2)4-12-16-13(22-17-12)18-23(19,20)11-6-9(15)8(14)5-10(11)21-3/h5-7H,4H2,1-3H3,(H,16,17,18). The average Bonchev–Trinajstić information content (AvgIpc) is 2.86. The van der Waals surface area contributed by atoms with Gasteiger partial charge in [-0.3, -0.25) is 4.72 Å². The van der Waals surface area contributed by atoms with Crippen molar-refractivity contribution in [2.45, 2.75) is 25.2 Å². The molecule has 6 nitrogen and oxygen atoms in total. The third-order valence-corrected chi connectivity index (χ3v) is 4.93. The summed E-state index contributed by atoms with van der Waals surface area (Å²) in [6.45, 7) is 3.97. The van der Waals surface area contributed by atoms with Gasteiger partial charge in [-0.1, -0.05) is 13.8 Å². The molecule has 0 radical (unpaired) electrons. The Balaban J connectivity index is 2.32. The van der Waals surface area contributed by atoms with Crippen molar-refractivity contribution in [3.05, 3.63) is 29.6 Å². The maximum absolute atomic E-state index is 13.4. The number of sulfonamides is 1. The van der Waals surface area contributed by atoms with Crippen LogP contribution in [0, 0.1) is 17.6 Å². The Morgan fingerprint density at radius 2 is 1.96 bits per heavy atom. The summed E-state index contributed by atoms with van der Waals surface area (Å²) in [5, 5.41) is 0.0486. The zero-order chi connectivity index (χ0) is 17.2. The van der Waals surface area contributed by atoms with Crippen molar-refractivity contribution < 1.29 is 21.9 Å². The van der Waals surface area contributed by atoms with Gasteiger partial charge in [-0.2, -0.15) is 4.37 Å². The molecule has 1 N–H and O–H groups in total. The first-order chi connectivity index (χ1) is 10.7. The van der Waals surface area contributed by atoms with Crippen LogP contribution in [-0.2, 0) is 16.4 Å². The molecular formula is C13H15F2N3O3S2. The minimum Gasteiger partial charge on any atom is -0.495 e. The van der Waals surface area contributed by atoms with Gasteiger partial charge in [-0.05, 0) is 5.92 Å². The highest BCUT2D eigenvalue weighted by Crippen LogP contribution is 2.28. The van der Waals surface area contributed by atoms with Gasteiger partial charge in [-0.15, -0.1) is 0 Å². The van der Waals surface area contributed by atoms with E-state index in [4.69, 9.17) is 4.74 Å². The topological polar surface area (TPSA) is 81.2 Å². The predicted molar refractivity (Wildman–Crippen MR) is 82.2 cm³/mol. The molecule has 0 aliphatic carbocycles. The number of nitrogens with one attached hydrogen (secondary N) is 1. The molecule has 0 atom stereocenters. The molecule has 2 rings (SSSR count). The molecule has 2 aromatic rings. The largest absolute Gasteiger partial charge is 0.495 e. The Kier molecular flexibility index (Phi) is 5.15. The fourth-order valence-electron chi connectivity index (χ4n) is 1.79. The number of anilines is 1. The zero-order valence-corrected chi connectivity index (χ0v) is 14.3. The van der Waals surface area contributed by atoms with Crippen molar-refractivity contribution in [3.8, 4) is 5.75 Å². The van der Waals surface area contributed by atoms with Crippen molar-refractivity contribution in [2.75, 3.05) is 11.8 Å². The molecule has 0 aliphatic rings. The van der Waals surface area contributed by atoms with Crippen LogP contribution in [0.2, 0.25) is 0 Å². The quantitative estimate of drug-likeness (QED) is 0.853. The van der Waals surface area contributed by atoms with E-state index < -0.39 is 26.6 Å². The lowest BCUT2D eigenvalue weighted by molar-refractivity contribution is 0.393. The lowest BCUT2D eigenvalue weighted by atomic mass is 10.1. The van der Waals surface area contributed by atoms with Crippen LogP contribution < -0.4 is 9.46 Å². The smallest absolute Gasteiger partial charge is 0.267 e. The maximum Gasteiger partial charge on any atom is 0.267 e. The van der Waals surface area contributed by atoms with Crippen molar-refractivity contribution in [3.63, 3.8) is 0 Å². The number of methoxy groups -OCH3 is 1. The van der Waals surface area contributed by atoms with E-state index >= 15 is 0 Å². The first-order valence-electron chi connectivity index (χ1n) is 6.61. The monoisotopic (exact) mass is 363 g/mol. The minimum absolute atomic E-state index is 0.0486. The van der Waals surface area contributed by atoms with Gasteiger partial charge in [0.1, 0.15) is 16.5 Å². The molecule has 1 aromatic heterocycles. The summed E-state index contributed by atoms with van der Waals surface area (Å²) < 4.78 is 62.3. The van der Waals surface area contributed by atoms with Crippen LogP contribution in [0.15, 0.2) is 17.0 Å². The lowest BCUT2D eigenvalue weighted by Gasteiger charge is -2.10. The number of rotatable bonds is 6. The second-order valence-electron chi connectivity index (χ2n) is 5.14. The molecule has 0 saturated heterocycles. The van der Waals surface area contributed by atoms with Crippen molar-refractivity contribution in [1.29, 1.82) is 0 Å². The molecule has 0 unspecified atom stereocenters. The third kappa shape index (κ3) is 4.14. The highest BCUT2D eigenvalue weighted by molar-refractivity contribution is 7.93. The Morgan fingerprint density at radius 1 is 1.30 bits per heavy atom. The Bertz CT molecular complexity index is 807. The second-order valence-corrected chi connectivity index (χ2v) is 7.54. The van der Waals surface area contributed by atoms with Crippen molar-refractivity contribution in [2.24, 2.45) is 5.92 Å². The van der Waals surface area contributed by atoms with E-state index in [2.05, 4.69) is 14.1 Å². The summed E-state index contributed by atoms with van der Waals surface area (Å²) in [5.74, 6) is -1.96. The van der Waals surface area contributed by atoms with E-state index in [1.807, 2.05) is 13.8 Å². The molecule has 126 valence electrons. The summed E-state index contributed by atoms with van der Waals surface area (Å²) in [7, 11) is -3.02. The molecule has 0 bridgehead atoms. The van der Waals surface area contributed by atoms with Gasteiger partial charge in [-0.25, -0.2) is 22.2 Å². The van der Waals surface area contributed by atoms with Gasteiger partial charge in [0.05, 0.1) is 7.11 Å². The van der Waals surface area contributed by atoms with Gasteiger partial charge < -0.3 is 4.74 Å². The molecule has 0 amide bonds. The first kappa shape index (κ1) is 17.5. The average molecular weight is 363 g/mol. The van der Waals surface area contributed by atoms with E-state index in [-0.39, 0.29) is 10.9 Å². The second kappa shape index (κ2) is 6.75. The third-order valence-electron chi connectivity index (χ3n) is 2.78. The van der Waals surface area contributed by atoms with Gasteiger partial charge in [0, 0.05) is 30.1 Å². The lowest BCUT2D eigenvalue weighted by Crippen LogP contribution is -2.15. The Hall–Kier alpha value is -1.81. The van der Waals surface area contributed by atoms with Crippen LogP contribution in [0.5, 0.6) is 5.75 Å². The highest BCUT2D eigenvalue weighted by atomic mass is 32.2. The van der Waals surface area contributed by atoms with Crippen LogP contribution in [0.3, 0.4) is 0 Å². The van der Waals surface area contributed by atoms with Gasteiger partial charge >= 0.3 is 0 Å². The maximum atomic E-state index is 13.4.